The predicted octanol–water partition coefficient (Wildman–Crippen LogP) is 6.88. The van der Waals surface area contributed by atoms with Gasteiger partial charge in [-0.05, 0) is 91.6 Å². The Morgan fingerprint density at radius 2 is 1.66 bits per heavy atom. The van der Waals surface area contributed by atoms with E-state index in [-0.39, 0.29) is 10.8 Å². The molecule has 1 amide bonds. The lowest BCUT2D eigenvalue weighted by Crippen LogP contribution is -2.39. The average molecular weight is 666 g/mol. The van der Waals surface area contributed by atoms with Gasteiger partial charge in [0, 0.05) is 43.5 Å². The molecule has 0 aliphatic carbocycles. The number of sulfonamides is 1. The first-order chi connectivity index (χ1) is 22.8. The lowest BCUT2D eigenvalue weighted by Gasteiger charge is -2.32. The van der Waals surface area contributed by atoms with Crippen LogP contribution >= 0.6 is 11.8 Å². The summed E-state index contributed by atoms with van der Waals surface area (Å²) < 4.78 is 30.7. The number of thioether (sulfide) groups is 1. The zero-order valence-corrected chi connectivity index (χ0v) is 28.2. The Morgan fingerprint density at radius 3 is 2.40 bits per heavy atom. The van der Waals surface area contributed by atoms with Gasteiger partial charge in [-0.3, -0.25) is 4.79 Å². The molecule has 3 aliphatic rings. The van der Waals surface area contributed by atoms with Crippen LogP contribution in [-0.4, -0.2) is 64.7 Å². The average Bonchev–Trinajstić information content (AvgIpc) is 3.69. The maximum atomic E-state index is 13.7. The van der Waals surface area contributed by atoms with E-state index in [2.05, 4.69) is 47.1 Å². The number of amides is 1. The molecule has 1 atom stereocenters. The molecule has 2 saturated heterocycles. The Labute approximate surface area is 281 Å². The number of aliphatic imine (C=N–C) groups is 1. The van der Waals surface area contributed by atoms with Crippen molar-refractivity contribution in [1.82, 2.24) is 19.0 Å². The van der Waals surface area contributed by atoms with E-state index in [9.17, 15) is 13.2 Å². The van der Waals surface area contributed by atoms with E-state index in [1.54, 1.807) is 27.2 Å². The van der Waals surface area contributed by atoms with Gasteiger partial charge < -0.3 is 4.90 Å². The number of carbonyl (C=O) groups excluding carboxylic acids is 1. The van der Waals surface area contributed by atoms with Gasteiger partial charge in [-0.1, -0.05) is 67.6 Å². The highest BCUT2D eigenvalue weighted by atomic mass is 32.2. The van der Waals surface area contributed by atoms with Crippen LogP contribution in [0.5, 0.6) is 0 Å². The van der Waals surface area contributed by atoms with Gasteiger partial charge in [0.15, 0.2) is 5.17 Å². The van der Waals surface area contributed by atoms with E-state index in [1.807, 2.05) is 48.7 Å². The first kappa shape index (κ1) is 31.6. The fourth-order valence-electron chi connectivity index (χ4n) is 6.70. The van der Waals surface area contributed by atoms with Crippen molar-refractivity contribution in [1.29, 1.82) is 0 Å². The third-order valence-electron chi connectivity index (χ3n) is 9.28. The van der Waals surface area contributed by atoms with Crippen molar-refractivity contribution in [2.45, 2.75) is 43.9 Å². The van der Waals surface area contributed by atoms with Crippen molar-refractivity contribution in [2.24, 2.45) is 16.8 Å². The molecule has 8 nitrogen and oxygen atoms in total. The first-order valence-electron chi connectivity index (χ1n) is 16.4. The number of aromatic nitrogens is 2. The summed E-state index contributed by atoms with van der Waals surface area (Å²) in [6.45, 7) is 4.90. The Bertz CT molecular complexity index is 1910. The molecule has 47 heavy (non-hydrogen) atoms. The van der Waals surface area contributed by atoms with Gasteiger partial charge in [0.25, 0.3) is 5.91 Å². The number of amidine groups is 1. The molecule has 7 rings (SSSR count). The zero-order valence-electron chi connectivity index (χ0n) is 26.5. The third-order valence-corrected chi connectivity index (χ3v) is 12.2. The largest absolute Gasteiger partial charge is 0.351 e. The zero-order chi connectivity index (χ0) is 32.4. The number of likely N-dealkylation sites (tertiary alicyclic amines) is 1. The summed E-state index contributed by atoms with van der Waals surface area (Å²) in [5, 5.41) is 5.66. The van der Waals surface area contributed by atoms with Crippen LogP contribution in [0.4, 0.5) is 0 Å². The summed E-state index contributed by atoms with van der Waals surface area (Å²) in [7, 11) is -3.66. The molecule has 4 heterocycles. The Morgan fingerprint density at radius 1 is 0.915 bits per heavy atom. The van der Waals surface area contributed by atoms with Crippen molar-refractivity contribution in [3.05, 3.63) is 107 Å². The second kappa shape index (κ2) is 13.6. The van der Waals surface area contributed by atoms with E-state index in [4.69, 9.17) is 5.10 Å². The van der Waals surface area contributed by atoms with Gasteiger partial charge in [-0.2, -0.15) is 14.4 Å². The van der Waals surface area contributed by atoms with Crippen molar-refractivity contribution in [2.75, 3.05) is 26.2 Å². The van der Waals surface area contributed by atoms with Gasteiger partial charge in [-0.15, -0.1) is 0 Å². The smallest absolute Gasteiger partial charge is 0.286 e. The summed E-state index contributed by atoms with van der Waals surface area (Å²) >= 11 is 1.41. The first-order valence-corrected chi connectivity index (χ1v) is 18.7. The van der Waals surface area contributed by atoms with Gasteiger partial charge in [0.05, 0.1) is 15.5 Å². The number of para-hydroxylation sites is 1. The van der Waals surface area contributed by atoms with E-state index in [0.717, 1.165) is 61.6 Å². The van der Waals surface area contributed by atoms with Crippen LogP contribution in [0.15, 0.2) is 106 Å². The molecule has 0 N–H and O–H groups in total. The molecule has 3 aromatic carbocycles. The summed E-state index contributed by atoms with van der Waals surface area (Å²) in [6.07, 6.45) is 8.84. The fourth-order valence-corrected chi connectivity index (χ4v) is 9.30. The minimum Gasteiger partial charge on any atom is -0.351 e. The van der Waals surface area contributed by atoms with E-state index in [1.165, 1.54) is 17.3 Å². The summed E-state index contributed by atoms with van der Waals surface area (Å²) in [5.41, 5.74) is 4.24. The van der Waals surface area contributed by atoms with Crippen LogP contribution in [0.1, 0.15) is 43.7 Å². The Hall–Kier alpha value is -3.99. The van der Waals surface area contributed by atoms with E-state index >= 15 is 0 Å². The minimum absolute atomic E-state index is 0.254. The van der Waals surface area contributed by atoms with Crippen LogP contribution in [0.2, 0.25) is 0 Å². The number of hydrogen-bond donors (Lipinski definition) is 0. The molecule has 1 aromatic heterocycles. The fraction of sp³-hybridized carbons (Fsp3) is 0.324. The quantitative estimate of drug-likeness (QED) is 0.200. The lowest BCUT2D eigenvalue weighted by molar-refractivity contribution is -0.113. The lowest BCUT2D eigenvalue weighted by atomic mass is 9.90. The summed E-state index contributed by atoms with van der Waals surface area (Å²) in [6, 6.07) is 27.4. The number of nitrogens with zero attached hydrogens (tertiary/aromatic N) is 5. The van der Waals surface area contributed by atoms with Crippen LogP contribution < -0.4 is 0 Å². The number of benzene rings is 3. The van der Waals surface area contributed by atoms with Crippen molar-refractivity contribution in [3.63, 3.8) is 0 Å². The molecule has 2 fully saturated rings. The normalized spacial score (nSPS) is 20.6. The molecule has 0 spiro atoms. The van der Waals surface area contributed by atoms with Crippen LogP contribution in [-0.2, 0) is 21.2 Å². The Kier molecular flexibility index (Phi) is 9.16. The molecular weight excluding hydrogens is 627 g/mol. The number of piperidine rings is 2. The molecular formula is C37H39N5O3S2. The summed E-state index contributed by atoms with van der Waals surface area (Å²) in [5.74, 6) is 0.691. The SMILES string of the molecule is CC1CCCN(S(=O)(=O)c2cccc(-c3nn(-c4ccccc4)cc3C=C3SC(N4CCC(Cc5ccccc5)CC4)=NC3=O)c2)C1. The molecule has 0 saturated carbocycles. The monoisotopic (exact) mass is 665 g/mol. The maximum Gasteiger partial charge on any atom is 0.286 e. The molecule has 0 bridgehead atoms. The summed E-state index contributed by atoms with van der Waals surface area (Å²) in [4.78, 5) is 20.7. The van der Waals surface area contributed by atoms with Crippen molar-refractivity contribution in [3.8, 4) is 16.9 Å². The van der Waals surface area contributed by atoms with Gasteiger partial charge in [0.1, 0.15) is 5.69 Å². The van der Waals surface area contributed by atoms with Gasteiger partial charge in [0.2, 0.25) is 10.0 Å². The van der Waals surface area contributed by atoms with Gasteiger partial charge >= 0.3 is 0 Å². The predicted molar refractivity (Wildman–Crippen MR) is 189 cm³/mol. The minimum atomic E-state index is -3.66. The van der Waals surface area contributed by atoms with E-state index < -0.39 is 10.0 Å². The number of rotatable bonds is 7. The van der Waals surface area contributed by atoms with Crippen LogP contribution in [0.25, 0.3) is 23.0 Å². The van der Waals surface area contributed by atoms with Gasteiger partial charge in [-0.25, -0.2) is 13.1 Å². The number of hydrogen-bond acceptors (Lipinski definition) is 6. The van der Waals surface area contributed by atoms with Crippen LogP contribution in [0, 0.1) is 11.8 Å². The van der Waals surface area contributed by atoms with Crippen molar-refractivity contribution >= 4 is 38.9 Å². The highest BCUT2D eigenvalue weighted by Crippen LogP contribution is 2.36. The maximum absolute atomic E-state index is 13.7. The highest BCUT2D eigenvalue weighted by molar-refractivity contribution is 8.18. The highest BCUT2D eigenvalue weighted by Gasteiger charge is 2.31. The molecule has 0 radical (unpaired) electrons. The molecule has 1 unspecified atom stereocenters. The topological polar surface area (TPSA) is 87.9 Å². The van der Waals surface area contributed by atoms with E-state index in [0.29, 0.717) is 41.1 Å². The standard InChI is InChI=1S/C37H39N5O3S2/c1-27-10-9-19-41(25-27)47(44,45)33-16-8-13-30(23-33)35-31(26-42(39-35)32-14-6-3-7-15-32)24-34-36(43)38-37(46-34)40-20-17-29(18-21-40)22-28-11-4-2-5-12-28/h2-8,11-16,23-24,26-27,29H,9-10,17-22,25H2,1H3. The molecule has 242 valence electrons. The number of carbonyl (C=O) groups is 1. The second-order valence-electron chi connectivity index (χ2n) is 12.8. The second-order valence-corrected chi connectivity index (χ2v) is 15.7. The molecule has 3 aliphatic heterocycles. The molecule has 10 heteroatoms. The van der Waals surface area contributed by atoms with Crippen molar-refractivity contribution < 1.29 is 13.2 Å². The van der Waals surface area contributed by atoms with Crippen LogP contribution in [0.3, 0.4) is 0 Å². The molecule has 4 aromatic rings. The Balaban J connectivity index is 1.14. The third kappa shape index (κ3) is 7.00.